The number of ether oxygens (including phenoxy) is 5. The van der Waals surface area contributed by atoms with Crippen molar-refractivity contribution in [1.29, 1.82) is 0 Å². The van der Waals surface area contributed by atoms with Crippen molar-refractivity contribution in [3.63, 3.8) is 0 Å². The number of hydrogen-bond donors (Lipinski definition) is 0. The van der Waals surface area contributed by atoms with E-state index in [0.717, 1.165) is 25.7 Å². The van der Waals surface area contributed by atoms with E-state index >= 15 is 0 Å². The van der Waals surface area contributed by atoms with Crippen LogP contribution < -0.4 is 0 Å². The summed E-state index contributed by atoms with van der Waals surface area (Å²) < 4.78 is 32.7. The summed E-state index contributed by atoms with van der Waals surface area (Å²) in [6.45, 7) is 15.7. The standard InChI is InChI=1S/C21H44O7Si/c1-6-8-9-20(7-2)21(22)27-18-16-25-14-12-23-10-11-24-13-15-26-17-19-28-29(3,4)5/h20H,6-19H2,1-5H3. The number of rotatable bonds is 21. The molecule has 0 saturated carbocycles. The van der Waals surface area contributed by atoms with E-state index in [9.17, 15) is 4.79 Å². The smallest absolute Gasteiger partial charge is 0.308 e. The third-order valence-electron chi connectivity index (χ3n) is 4.08. The summed E-state index contributed by atoms with van der Waals surface area (Å²) >= 11 is 0. The molecule has 0 radical (unpaired) electrons. The van der Waals surface area contributed by atoms with Gasteiger partial charge in [-0.1, -0.05) is 26.7 Å². The normalized spacial score (nSPS) is 12.9. The monoisotopic (exact) mass is 436 g/mol. The van der Waals surface area contributed by atoms with Gasteiger partial charge >= 0.3 is 5.97 Å². The molecular formula is C21H44O7Si. The summed E-state index contributed by atoms with van der Waals surface area (Å²) in [7, 11) is -1.44. The summed E-state index contributed by atoms with van der Waals surface area (Å²) in [6, 6.07) is 0. The Bertz CT molecular complexity index is 375. The highest BCUT2D eigenvalue weighted by molar-refractivity contribution is 6.69. The van der Waals surface area contributed by atoms with Crippen LogP contribution in [0.2, 0.25) is 19.6 Å². The molecule has 0 fully saturated rings. The molecule has 0 rings (SSSR count). The fraction of sp³-hybridized carbons (Fsp3) is 0.952. The van der Waals surface area contributed by atoms with Crippen LogP contribution in [0, 0.1) is 5.92 Å². The molecule has 0 amide bonds. The van der Waals surface area contributed by atoms with Crippen LogP contribution in [-0.2, 0) is 32.9 Å². The highest BCUT2D eigenvalue weighted by Crippen LogP contribution is 2.14. The topological polar surface area (TPSA) is 72.5 Å². The first-order chi connectivity index (χ1) is 13.9. The van der Waals surface area contributed by atoms with Gasteiger partial charge < -0.3 is 28.1 Å². The zero-order valence-electron chi connectivity index (χ0n) is 19.3. The second-order valence-electron chi connectivity index (χ2n) is 7.83. The van der Waals surface area contributed by atoms with Crippen molar-refractivity contribution in [1.82, 2.24) is 0 Å². The minimum Gasteiger partial charge on any atom is -0.463 e. The van der Waals surface area contributed by atoms with Gasteiger partial charge in [0, 0.05) is 0 Å². The Balaban J connectivity index is 3.28. The molecule has 174 valence electrons. The summed E-state index contributed by atoms with van der Waals surface area (Å²) in [6.07, 6.45) is 3.89. The van der Waals surface area contributed by atoms with E-state index in [-0.39, 0.29) is 11.9 Å². The van der Waals surface area contributed by atoms with Crippen molar-refractivity contribution in [3.8, 4) is 0 Å². The molecule has 7 nitrogen and oxygen atoms in total. The molecule has 0 N–H and O–H groups in total. The van der Waals surface area contributed by atoms with Gasteiger partial charge in [0.05, 0.1) is 65.4 Å². The van der Waals surface area contributed by atoms with Gasteiger partial charge in [-0.05, 0) is 32.5 Å². The molecule has 29 heavy (non-hydrogen) atoms. The Morgan fingerprint density at radius 1 is 0.724 bits per heavy atom. The third kappa shape index (κ3) is 20.5. The van der Waals surface area contributed by atoms with Crippen LogP contribution in [0.15, 0.2) is 0 Å². The van der Waals surface area contributed by atoms with Crippen molar-refractivity contribution in [2.75, 3.05) is 66.1 Å². The fourth-order valence-corrected chi connectivity index (χ4v) is 3.12. The van der Waals surface area contributed by atoms with Gasteiger partial charge in [-0.3, -0.25) is 4.79 Å². The van der Waals surface area contributed by atoms with Gasteiger partial charge in [-0.2, -0.15) is 0 Å². The van der Waals surface area contributed by atoms with Crippen LogP contribution in [0.25, 0.3) is 0 Å². The average molecular weight is 437 g/mol. The van der Waals surface area contributed by atoms with Gasteiger partial charge in [0.1, 0.15) is 6.61 Å². The predicted octanol–water partition coefficient (Wildman–Crippen LogP) is 3.66. The van der Waals surface area contributed by atoms with Crippen molar-refractivity contribution >= 4 is 14.3 Å². The summed E-state index contributed by atoms with van der Waals surface area (Å²) in [5, 5.41) is 0. The van der Waals surface area contributed by atoms with Crippen LogP contribution in [0.5, 0.6) is 0 Å². The minimum atomic E-state index is -1.44. The van der Waals surface area contributed by atoms with Gasteiger partial charge in [0.2, 0.25) is 0 Å². The van der Waals surface area contributed by atoms with Crippen LogP contribution in [0.1, 0.15) is 39.5 Å². The Labute approximate surface area is 178 Å². The maximum absolute atomic E-state index is 11.9. The van der Waals surface area contributed by atoms with Crippen LogP contribution in [0.4, 0.5) is 0 Å². The number of carbonyl (C=O) groups is 1. The maximum atomic E-state index is 11.9. The molecule has 1 atom stereocenters. The molecule has 0 aromatic rings. The molecule has 0 aliphatic rings. The molecule has 0 spiro atoms. The molecule has 0 aliphatic heterocycles. The minimum absolute atomic E-state index is 0.0159. The average Bonchev–Trinajstić information content (AvgIpc) is 2.67. The van der Waals surface area contributed by atoms with Crippen LogP contribution >= 0.6 is 0 Å². The predicted molar refractivity (Wildman–Crippen MR) is 117 cm³/mol. The van der Waals surface area contributed by atoms with Crippen molar-refractivity contribution in [2.45, 2.75) is 59.2 Å². The molecule has 8 heteroatoms. The lowest BCUT2D eigenvalue weighted by atomic mass is 10.00. The molecule has 0 saturated heterocycles. The molecule has 0 bridgehead atoms. The number of esters is 1. The van der Waals surface area contributed by atoms with Crippen molar-refractivity contribution in [3.05, 3.63) is 0 Å². The SMILES string of the molecule is CCCCC(CC)C(=O)OCCOCCOCCOCCOCCO[Si](C)(C)C. The number of hydrogen-bond acceptors (Lipinski definition) is 7. The van der Waals surface area contributed by atoms with E-state index in [1.165, 1.54) is 0 Å². The third-order valence-corrected chi connectivity index (χ3v) is 5.15. The van der Waals surface area contributed by atoms with Gasteiger partial charge in [-0.25, -0.2) is 0 Å². The maximum Gasteiger partial charge on any atom is 0.308 e. The zero-order chi connectivity index (χ0) is 21.8. The molecular weight excluding hydrogens is 392 g/mol. The van der Waals surface area contributed by atoms with Crippen molar-refractivity contribution < 1.29 is 32.9 Å². The summed E-state index contributed by atoms with van der Waals surface area (Å²) in [5.41, 5.74) is 0. The van der Waals surface area contributed by atoms with E-state index in [1.807, 2.05) is 6.92 Å². The highest BCUT2D eigenvalue weighted by Gasteiger charge is 2.17. The first-order valence-corrected chi connectivity index (χ1v) is 14.4. The van der Waals surface area contributed by atoms with Gasteiger partial charge in [0.25, 0.3) is 0 Å². The largest absolute Gasteiger partial charge is 0.463 e. The Morgan fingerprint density at radius 3 is 1.59 bits per heavy atom. The second kappa shape index (κ2) is 19.5. The molecule has 0 aromatic heterocycles. The molecule has 1 unspecified atom stereocenters. The van der Waals surface area contributed by atoms with E-state index in [0.29, 0.717) is 66.1 Å². The van der Waals surface area contributed by atoms with Crippen molar-refractivity contribution in [2.24, 2.45) is 5.92 Å². The van der Waals surface area contributed by atoms with Gasteiger partial charge in [-0.15, -0.1) is 0 Å². The lowest BCUT2D eigenvalue weighted by Crippen LogP contribution is -2.27. The molecule has 0 aliphatic carbocycles. The van der Waals surface area contributed by atoms with E-state index in [1.54, 1.807) is 0 Å². The lowest BCUT2D eigenvalue weighted by molar-refractivity contribution is -0.150. The highest BCUT2D eigenvalue weighted by atomic mass is 28.4. The number of unbranched alkanes of at least 4 members (excludes halogenated alkanes) is 1. The Kier molecular flexibility index (Phi) is 19.1. The van der Waals surface area contributed by atoms with E-state index < -0.39 is 8.32 Å². The van der Waals surface area contributed by atoms with Gasteiger partial charge in [0.15, 0.2) is 8.32 Å². The fourth-order valence-electron chi connectivity index (χ4n) is 2.43. The first kappa shape index (κ1) is 28.5. The number of carbonyl (C=O) groups excluding carboxylic acids is 1. The van der Waals surface area contributed by atoms with E-state index in [2.05, 4.69) is 26.6 Å². The van der Waals surface area contributed by atoms with E-state index in [4.69, 9.17) is 28.1 Å². The quantitative estimate of drug-likeness (QED) is 0.154. The Hall–Kier alpha value is -0.513. The second-order valence-corrected chi connectivity index (χ2v) is 12.3. The summed E-state index contributed by atoms with van der Waals surface area (Å²) in [5.74, 6) is -0.0901. The van der Waals surface area contributed by atoms with Crippen LogP contribution in [-0.4, -0.2) is 80.4 Å². The zero-order valence-corrected chi connectivity index (χ0v) is 20.3. The lowest BCUT2D eigenvalue weighted by Gasteiger charge is -2.16. The Morgan fingerprint density at radius 2 is 1.17 bits per heavy atom. The van der Waals surface area contributed by atoms with Crippen LogP contribution in [0.3, 0.4) is 0 Å². The summed E-state index contributed by atoms with van der Waals surface area (Å²) in [4.78, 5) is 11.9. The first-order valence-electron chi connectivity index (χ1n) is 11.0. The molecule has 0 aromatic carbocycles. The molecule has 0 heterocycles.